The number of ether oxygens (including phenoxy) is 1. The molecule has 0 atom stereocenters. The van der Waals surface area contributed by atoms with E-state index < -0.39 is 6.61 Å². The second-order valence-corrected chi connectivity index (χ2v) is 4.87. The van der Waals surface area contributed by atoms with Gasteiger partial charge in [-0.05, 0) is 49.4 Å². The third-order valence-corrected chi connectivity index (χ3v) is 3.58. The SMILES string of the molecule is COc1c(C)c(C)cc(C)c1CCN(C)C(=O)CO. The summed E-state index contributed by atoms with van der Waals surface area (Å²) in [7, 11) is 3.37. The van der Waals surface area contributed by atoms with E-state index in [-0.39, 0.29) is 5.91 Å². The molecule has 0 aliphatic heterocycles. The molecule has 19 heavy (non-hydrogen) atoms. The van der Waals surface area contributed by atoms with E-state index in [2.05, 4.69) is 19.9 Å². The first-order valence-corrected chi connectivity index (χ1v) is 6.40. The van der Waals surface area contributed by atoms with Crippen LogP contribution in [0.2, 0.25) is 0 Å². The molecule has 1 N–H and O–H groups in total. The van der Waals surface area contributed by atoms with Gasteiger partial charge in [-0.2, -0.15) is 0 Å². The minimum Gasteiger partial charge on any atom is -0.496 e. The predicted octanol–water partition coefficient (Wildman–Crippen LogP) is 1.61. The highest BCUT2D eigenvalue weighted by Gasteiger charge is 2.14. The van der Waals surface area contributed by atoms with Gasteiger partial charge in [0.15, 0.2) is 0 Å². The molecule has 1 aromatic rings. The standard InChI is InChI=1S/C15H23NO3/c1-10-8-11(2)13(15(19-5)12(10)3)6-7-16(4)14(18)9-17/h8,17H,6-7,9H2,1-5H3. The van der Waals surface area contributed by atoms with E-state index in [1.54, 1.807) is 14.2 Å². The van der Waals surface area contributed by atoms with Crippen molar-refractivity contribution in [2.75, 3.05) is 27.3 Å². The van der Waals surface area contributed by atoms with Crippen molar-refractivity contribution >= 4 is 5.91 Å². The first-order chi connectivity index (χ1) is 8.92. The number of aliphatic hydroxyl groups is 1. The Morgan fingerprint density at radius 2 is 1.95 bits per heavy atom. The lowest BCUT2D eigenvalue weighted by Gasteiger charge is -2.20. The molecule has 1 rings (SSSR count). The van der Waals surface area contributed by atoms with Crippen LogP contribution in [0.1, 0.15) is 22.3 Å². The monoisotopic (exact) mass is 265 g/mol. The molecule has 0 aliphatic carbocycles. The van der Waals surface area contributed by atoms with Gasteiger partial charge in [0, 0.05) is 13.6 Å². The zero-order chi connectivity index (χ0) is 14.6. The van der Waals surface area contributed by atoms with Gasteiger partial charge in [0.1, 0.15) is 12.4 Å². The summed E-state index contributed by atoms with van der Waals surface area (Å²) in [6.45, 7) is 6.28. The van der Waals surface area contributed by atoms with Crippen molar-refractivity contribution in [3.63, 3.8) is 0 Å². The van der Waals surface area contributed by atoms with Crippen LogP contribution in [-0.2, 0) is 11.2 Å². The van der Waals surface area contributed by atoms with Crippen molar-refractivity contribution in [2.45, 2.75) is 27.2 Å². The smallest absolute Gasteiger partial charge is 0.248 e. The number of carbonyl (C=O) groups excluding carboxylic acids is 1. The van der Waals surface area contributed by atoms with E-state index in [1.807, 2.05) is 6.92 Å². The molecule has 0 bridgehead atoms. The van der Waals surface area contributed by atoms with E-state index in [9.17, 15) is 4.79 Å². The number of nitrogens with zero attached hydrogens (tertiary/aromatic N) is 1. The molecule has 0 fully saturated rings. The fourth-order valence-corrected chi connectivity index (χ4v) is 2.22. The number of hydrogen-bond donors (Lipinski definition) is 1. The molecule has 0 saturated heterocycles. The zero-order valence-electron chi connectivity index (χ0n) is 12.4. The third kappa shape index (κ3) is 3.47. The summed E-state index contributed by atoms with van der Waals surface area (Å²) in [6.07, 6.45) is 0.721. The first kappa shape index (κ1) is 15.5. The van der Waals surface area contributed by atoms with Crippen LogP contribution in [0.5, 0.6) is 5.75 Å². The molecular formula is C15H23NO3. The largest absolute Gasteiger partial charge is 0.496 e. The molecule has 1 amide bonds. The van der Waals surface area contributed by atoms with Gasteiger partial charge in [-0.3, -0.25) is 4.79 Å². The Morgan fingerprint density at radius 1 is 1.32 bits per heavy atom. The fraction of sp³-hybridized carbons (Fsp3) is 0.533. The highest BCUT2D eigenvalue weighted by molar-refractivity contribution is 5.76. The van der Waals surface area contributed by atoms with E-state index >= 15 is 0 Å². The molecule has 0 heterocycles. The maximum atomic E-state index is 11.3. The Kier molecular flexibility index (Phi) is 5.36. The van der Waals surface area contributed by atoms with Gasteiger partial charge in [-0.1, -0.05) is 6.07 Å². The second kappa shape index (κ2) is 6.57. The molecular weight excluding hydrogens is 242 g/mol. The van der Waals surface area contributed by atoms with Crippen molar-refractivity contribution in [2.24, 2.45) is 0 Å². The van der Waals surface area contributed by atoms with Gasteiger partial charge in [0.25, 0.3) is 0 Å². The third-order valence-electron chi connectivity index (χ3n) is 3.58. The first-order valence-electron chi connectivity index (χ1n) is 6.40. The predicted molar refractivity (Wildman–Crippen MR) is 75.6 cm³/mol. The average Bonchev–Trinajstić information content (AvgIpc) is 2.39. The number of aliphatic hydroxyl groups excluding tert-OH is 1. The van der Waals surface area contributed by atoms with Crippen molar-refractivity contribution in [1.29, 1.82) is 0 Å². The van der Waals surface area contributed by atoms with Crippen LogP contribution in [-0.4, -0.2) is 43.2 Å². The maximum Gasteiger partial charge on any atom is 0.248 e. The molecule has 0 unspecified atom stereocenters. The Bertz CT molecular complexity index is 469. The van der Waals surface area contributed by atoms with Gasteiger partial charge in [0.05, 0.1) is 7.11 Å². The van der Waals surface area contributed by atoms with E-state index in [4.69, 9.17) is 9.84 Å². The van der Waals surface area contributed by atoms with Crippen molar-refractivity contribution < 1.29 is 14.6 Å². The van der Waals surface area contributed by atoms with Crippen molar-refractivity contribution in [3.8, 4) is 5.75 Å². The molecule has 0 saturated carbocycles. The summed E-state index contributed by atoms with van der Waals surface area (Å²) in [5.74, 6) is 0.641. The summed E-state index contributed by atoms with van der Waals surface area (Å²) in [5, 5.41) is 8.82. The Balaban J connectivity index is 2.95. The van der Waals surface area contributed by atoms with Crippen LogP contribution in [0.3, 0.4) is 0 Å². The minimum atomic E-state index is -0.445. The van der Waals surface area contributed by atoms with Crippen LogP contribution < -0.4 is 4.74 Å². The Labute approximate surface area is 115 Å². The van der Waals surface area contributed by atoms with Crippen LogP contribution in [0.15, 0.2) is 6.07 Å². The van der Waals surface area contributed by atoms with Crippen LogP contribution in [0, 0.1) is 20.8 Å². The van der Waals surface area contributed by atoms with Gasteiger partial charge >= 0.3 is 0 Å². The van der Waals surface area contributed by atoms with Gasteiger partial charge < -0.3 is 14.7 Å². The van der Waals surface area contributed by atoms with Crippen molar-refractivity contribution in [3.05, 3.63) is 28.3 Å². The molecule has 0 aliphatic rings. The van der Waals surface area contributed by atoms with Gasteiger partial charge in [0.2, 0.25) is 5.91 Å². The summed E-state index contributed by atoms with van der Waals surface area (Å²) in [5.41, 5.74) is 4.64. The van der Waals surface area contributed by atoms with E-state index in [0.29, 0.717) is 6.54 Å². The number of benzene rings is 1. The van der Waals surface area contributed by atoms with Gasteiger partial charge in [-0.15, -0.1) is 0 Å². The fourth-order valence-electron chi connectivity index (χ4n) is 2.22. The highest BCUT2D eigenvalue weighted by atomic mass is 16.5. The molecule has 4 heteroatoms. The summed E-state index contributed by atoms with van der Waals surface area (Å²) in [6, 6.07) is 2.14. The normalized spacial score (nSPS) is 10.4. The lowest BCUT2D eigenvalue weighted by Crippen LogP contribution is -2.31. The molecule has 106 valence electrons. The number of likely N-dealkylation sites (N-methyl/N-ethyl adjacent to an activating group) is 1. The lowest BCUT2D eigenvalue weighted by molar-refractivity contribution is -0.132. The molecule has 0 spiro atoms. The molecule has 0 aromatic heterocycles. The quantitative estimate of drug-likeness (QED) is 0.880. The molecule has 0 radical (unpaired) electrons. The highest BCUT2D eigenvalue weighted by Crippen LogP contribution is 2.29. The number of amides is 1. The van der Waals surface area contributed by atoms with Crippen molar-refractivity contribution in [1.82, 2.24) is 4.90 Å². The average molecular weight is 265 g/mol. The van der Waals surface area contributed by atoms with Crippen LogP contribution >= 0.6 is 0 Å². The van der Waals surface area contributed by atoms with E-state index in [0.717, 1.165) is 23.3 Å². The van der Waals surface area contributed by atoms with E-state index in [1.165, 1.54) is 16.0 Å². The topological polar surface area (TPSA) is 49.8 Å². The second-order valence-electron chi connectivity index (χ2n) is 4.87. The minimum absolute atomic E-state index is 0.263. The number of hydrogen-bond acceptors (Lipinski definition) is 3. The number of carbonyl (C=O) groups is 1. The van der Waals surface area contributed by atoms with Crippen LogP contribution in [0.25, 0.3) is 0 Å². The molecule has 4 nitrogen and oxygen atoms in total. The molecule has 1 aromatic carbocycles. The summed E-state index contributed by atoms with van der Waals surface area (Å²) in [4.78, 5) is 12.9. The number of rotatable bonds is 5. The van der Waals surface area contributed by atoms with Gasteiger partial charge in [-0.25, -0.2) is 0 Å². The number of methoxy groups -OCH3 is 1. The maximum absolute atomic E-state index is 11.3. The Morgan fingerprint density at radius 3 is 2.47 bits per heavy atom. The number of aryl methyl sites for hydroxylation is 2. The lowest BCUT2D eigenvalue weighted by atomic mass is 9.97. The Hall–Kier alpha value is -1.55. The van der Waals surface area contributed by atoms with Crippen LogP contribution in [0.4, 0.5) is 0 Å². The summed E-state index contributed by atoms with van der Waals surface area (Å²) >= 11 is 0. The summed E-state index contributed by atoms with van der Waals surface area (Å²) < 4.78 is 5.50. The zero-order valence-corrected chi connectivity index (χ0v) is 12.4.